The Hall–Kier alpha value is -1.94. The molecule has 4 nitrogen and oxygen atoms in total. The van der Waals surface area contributed by atoms with E-state index in [1.165, 1.54) is 0 Å². The standard InChI is InChI=1S/C11H11N3O/c12-6-10-5-9(7-14-10)11(15)8-1-3-13-4-2-8/h1-5,7,14H,6,12H2. The number of hydrogen-bond donors (Lipinski definition) is 2. The number of nitrogens with two attached hydrogens (primary N) is 1. The summed E-state index contributed by atoms with van der Waals surface area (Å²) in [4.78, 5) is 18.7. The van der Waals surface area contributed by atoms with Crippen molar-refractivity contribution in [3.05, 3.63) is 53.6 Å². The molecule has 2 rings (SSSR count). The first-order valence-corrected chi connectivity index (χ1v) is 4.63. The number of rotatable bonds is 3. The van der Waals surface area contributed by atoms with Crippen molar-refractivity contribution in [2.75, 3.05) is 0 Å². The largest absolute Gasteiger partial charge is 0.363 e. The van der Waals surface area contributed by atoms with E-state index in [4.69, 9.17) is 5.73 Å². The van der Waals surface area contributed by atoms with Gasteiger partial charge in [0, 0.05) is 42.0 Å². The Balaban J connectivity index is 2.29. The molecule has 0 fully saturated rings. The van der Waals surface area contributed by atoms with Crippen molar-refractivity contribution in [1.82, 2.24) is 9.97 Å². The molecule has 0 aliphatic rings. The van der Waals surface area contributed by atoms with Crippen LogP contribution >= 0.6 is 0 Å². The van der Waals surface area contributed by atoms with Gasteiger partial charge in [-0.25, -0.2) is 0 Å². The average Bonchev–Trinajstić information content (AvgIpc) is 2.78. The van der Waals surface area contributed by atoms with Crippen LogP contribution in [0.5, 0.6) is 0 Å². The molecule has 0 spiro atoms. The molecule has 0 saturated carbocycles. The number of nitrogens with zero attached hydrogens (tertiary/aromatic N) is 1. The van der Waals surface area contributed by atoms with Crippen LogP contribution in [-0.2, 0) is 6.54 Å². The molecular weight excluding hydrogens is 190 g/mol. The molecule has 2 aromatic rings. The molecule has 2 heterocycles. The zero-order valence-corrected chi connectivity index (χ0v) is 8.10. The number of nitrogens with one attached hydrogen (secondary N) is 1. The highest BCUT2D eigenvalue weighted by Gasteiger charge is 2.09. The Bertz CT molecular complexity index is 462. The van der Waals surface area contributed by atoms with Crippen LogP contribution in [0.25, 0.3) is 0 Å². The van der Waals surface area contributed by atoms with E-state index in [9.17, 15) is 4.79 Å². The minimum atomic E-state index is -0.0200. The zero-order valence-electron chi connectivity index (χ0n) is 8.10. The van der Waals surface area contributed by atoms with E-state index in [2.05, 4.69) is 9.97 Å². The summed E-state index contributed by atoms with van der Waals surface area (Å²) in [7, 11) is 0. The van der Waals surface area contributed by atoms with Gasteiger partial charge in [-0.05, 0) is 18.2 Å². The lowest BCUT2D eigenvalue weighted by atomic mass is 10.1. The Morgan fingerprint density at radius 2 is 2.07 bits per heavy atom. The fraction of sp³-hybridized carbons (Fsp3) is 0.0909. The number of aromatic nitrogens is 2. The summed E-state index contributed by atoms with van der Waals surface area (Å²) in [5.41, 5.74) is 7.56. The number of ketones is 1. The van der Waals surface area contributed by atoms with Gasteiger partial charge in [-0.1, -0.05) is 0 Å². The van der Waals surface area contributed by atoms with Crippen LogP contribution in [-0.4, -0.2) is 15.8 Å². The SMILES string of the molecule is NCc1cc(C(=O)c2ccncc2)c[nH]1. The molecule has 0 aliphatic carbocycles. The summed E-state index contributed by atoms with van der Waals surface area (Å²) >= 11 is 0. The van der Waals surface area contributed by atoms with E-state index in [1.807, 2.05) is 0 Å². The summed E-state index contributed by atoms with van der Waals surface area (Å²) < 4.78 is 0. The van der Waals surface area contributed by atoms with Crippen LogP contribution in [0, 0.1) is 0 Å². The minimum Gasteiger partial charge on any atom is -0.363 e. The first-order valence-electron chi connectivity index (χ1n) is 4.63. The Morgan fingerprint density at radius 3 is 2.67 bits per heavy atom. The Kier molecular flexibility index (Phi) is 2.60. The van der Waals surface area contributed by atoms with Gasteiger partial charge in [0.25, 0.3) is 0 Å². The summed E-state index contributed by atoms with van der Waals surface area (Å²) in [6, 6.07) is 5.15. The van der Waals surface area contributed by atoms with Crippen molar-refractivity contribution >= 4 is 5.78 Å². The van der Waals surface area contributed by atoms with Crippen LogP contribution in [0.4, 0.5) is 0 Å². The normalized spacial score (nSPS) is 10.2. The maximum absolute atomic E-state index is 11.9. The van der Waals surface area contributed by atoms with Crippen molar-refractivity contribution in [3.8, 4) is 0 Å². The molecule has 0 aliphatic heterocycles. The van der Waals surface area contributed by atoms with Gasteiger partial charge in [-0.15, -0.1) is 0 Å². The lowest BCUT2D eigenvalue weighted by molar-refractivity contribution is 0.103. The van der Waals surface area contributed by atoms with Gasteiger partial charge in [0.05, 0.1) is 0 Å². The third-order valence-electron chi connectivity index (χ3n) is 2.17. The molecule has 0 bridgehead atoms. The maximum atomic E-state index is 11.9. The number of hydrogen-bond acceptors (Lipinski definition) is 3. The molecule has 2 aromatic heterocycles. The van der Waals surface area contributed by atoms with Gasteiger partial charge < -0.3 is 10.7 Å². The lowest BCUT2D eigenvalue weighted by Gasteiger charge is -1.95. The summed E-state index contributed by atoms with van der Waals surface area (Å²) in [5, 5.41) is 0. The second-order valence-corrected chi connectivity index (χ2v) is 3.18. The van der Waals surface area contributed by atoms with Gasteiger partial charge in [0.15, 0.2) is 5.78 Å². The lowest BCUT2D eigenvalue weighted by Crippen LogP contribution is -1.99. The van der Waals surface area contributed by atoms with Gasteiger partial charge in [0.1, 0.15) is 0 Å². The second-order valence-electron chi connectivity index (χ2n) is 3.18. The van der Waals surface area contributed by atoms with E-state index in [1.54, 1.807) is 36.8 Å². The summed E-state index contributed by atoms with van der Waals surface area (Å²) in [5.74, 6) is -0.0200. The predicted molar refractivity (Wildman–Crippen MR) is 56.4 cm³/mol. The van der Waals surface area contributed by atoms with E-state index < -0.39 is 0 Å². The van der Waals surface area contributed by atoms with Gasteiger partial charge in [-0.3, -0.25) is 9.78 Å². The van der Waals surface area contributed by atoms with Crippen molar-refractivity contribution < 1.29 is 4.79 Å². The quantitative estimate of drug-likeness (QED) is 0.730. The molecule has 0 atom stereocenters. The molecule has 0 unspecified atom stereocenters. The fourth-order valence-corrected chi connectivity index (χ4v) is 1.36. The molecule has 76 valence electrons. The van der Waals surface area contributed by atoms with E-state index in [0.717, 1.165) is 5.69 Å². The van der Waals surface area contributed by atoms with Crippen LogP contribution in [0.2, 0.25) is 0 Å². The molecule has 0 aromatic carbocycles. The first-order chi connectivity index (χ1) is 7.31. The topological polar surface area (TPSA) is 71.8 Å². The second kappa shape index (κ2) is 4.06. The number of carbonyl (C=O) groups is 1. The highest BCUT2D eigenvalue weighted by atomic mass is 16.1. The van der Waals surface area contributed by atoms with Crippen LogP contribution < -0.4 is 5.73 Å². The fourth-order valence-electron chi connectivity index (χ4n) is 1.36. The molecule has 0 saturated heterocycles. The smallest absolute Gasteiger partial charge is 0.194 e. The highest BCUT2D eigenvalue weighted by Crippen LogP contribution is 2.09. The van der Waals surface area contributed by atoms with E-state index in [0.29, 0.717) is 17.7 Å². The zero-order chi connectivity index (χ0) is 10.7. The molecule has 15 heavy (non-hydrogen) atoms. The highest BCUT2D eigenvalue weighted by molar-refractivity contribution is 6.08. The van der Waals surface area contributed by atoms with Gasteiger partial charge in [0.2, 0.25) is 0 Å². The number of H-pyrrole nitrogens is 1. The molecule has 0 amide bonds. The third-order valence-corrected chi connectivity index (χ3v) is 2.17. The van der Waals surface area contributed by atoms with Crippen LogP contribution in [0.15, 0.2) is 36.8 Å². The summed E-state index contributed by atoms with van der Waals surface area (Å²) in [6.07, 6.45) is 4.87. The Labute approximate surface area is 87.1 Å². The van der Waals surface area contributed by atoms with E-state index in [-0.39, 0.29) is 5.78 Å². The van der Waals surface area contributed by atoms with Crippen LogP contribution in [0.1, 0.15) is 21.6 Å². The number of aromatic amines is 1. The van der Waals surface area contributed by atoms with Gasteiger partial charge >= 0.3 is 0 Å². The maximum Gasteiger partial charge on any atom is 0.194 e. The predicted octanol–water partition coefficient (Wildman–Crippen LogP) is 1.10. The Morgan fingerprint density at radius 1 is 1.33 bits per heavy atom. The van der Waals surface area contributed by atoms with E-state index >= 15 is 0 Å². The monoisotopic (exact) mass is 201 g/mol. The van der Waals surface area contributed by atoms with Crippen molar-refractivity contribution in [2.24, 2.45) is 5.73 Å². The average molecular weight is 201 g/mol. The van der Waals surface area contributed by atoms with Crippen molar-refractivity contribution in [2.45, 2.75) is 6.54 Å². The van der Waals surface area contributed by atoms with Crippen LogP contribution in [0.3, 0.4) is 0 Å². The minimum absolute atomic E-state index is 0.0200. The van der Waals surface area contributed by atoms with Crippen molar-refractivity contribution in [3.63, 3.8) is 0 Å². The number of pyridine rings is 1. The molecule has 4 heteroatoms. The summed E-state index contributed by atoms with van der Waals surface area (Å²) in [6.45, 7) is 0.406. The van der Waals surface area contributed by atoms with Crippen molar-refractivity contribution in [1.29, 1.82) is 0 Å². The molecular formula is C11H11N3O. The molecule has 3 N–H and O–H groups in total. The molecule has 0 radical (unpaired) electrons. The van der Waals surface area contributed by atoms with Gasteiger partial charge in [-0.2, -0.15) is 0 Å². The number of carbonyl (C=O) groups excluding carboxylic acids is 1. The third kappa shape index (κ3) is 1.94. The first kappa shape index (κ1) is 9.61.